The molecule has 0 atom stereocenters. The third-order valence-corrected chi connectivity index (χ3v) is 14.1. The van der Waals surface area contributed by atoms with Crippen LogP contribution >= 0.6 is 0 Å². The summed E-state index contributed by atoms with van der Waals surface area (Å²) in [6.07, 6.45) is 2.69. The summed E-state index contributed by atoms with van der Waals surface area (Å²) >= 11 is 0. The van der Waals surface area contributed by atoms with Gasteiger partial charge >= 0.3 is 113 Å². The van der Waals surface area contributed by atoms with Gasteiger partial charge in [-0.05, 0) is 82.9 Å². The Morgan fingerprint density at radius 3 is 1.00 bits per heavy atom. The Bertz CT molecular complexity index is 3530. The number of rotatable bonds is 12. The van der Waals surface area contributed by atoms with E-state index in [-0.39, 0.29) is 113 Å². The normalized spacial score (nSPS) is 14.9. The van der Waals surface area contributed by atoms with Gasteiger partial charge in [0.1, 0.15) is 72.1 Å². The third-order valence-electron chi connectivity index (χ3n) is 8.99. The molecule has 0 amide bonds. The number of hydrogen-bond donors (Lipinski definition) is 4. The monoisotopic (exact) mass is 1070 g/mol. The van der Waals surface area contributed by atoms with Gasteiger partial charge in [0.15, 0.2) is 0 Å². The minimum Gasteiger partial charge on any atom is -0.744 e. The molecule has 2 aliphatic rings. The van der Waals surface area contributed by atoms with Crippen LogP contribution in [0.3, 0.4) is 0 Å². The number of carbonyl (C=O) groups is 2. The van der Waals surface area contributed by atoms with Crippen molar-refractivity contribution in [2.75, 3.05) is 22.3 Å². The Kier molecular flexibility index (Phi) is 23.8. The van der Waals surface area contributed by atoms with Crippen LogP contribution in [-0.4, -0.2) is 101 Å². The Balaban J connectivity index is 0.00000840. The first kappa shape index (κ1) is 69.0. The predicted octanol–water partition coefficient (Wildman–Crippen LogP) is -18.2. The first-order valence-electron chi connectivity index (χ1n) is 17.0. The number of nitrogens with one attached hydrogen (secondary N) is 2. The van der Waals surface area contributed by atoms with E-state index < -0.39 is 169 Å². The molecule has 0 aliphatic heterocycles. The number of hydrazone groups is 2. The number of allylic oxidation sites excluding steroid dienone is 2. The van der Waals surface area contributed by atoms with Crippen molar-refractivity contribution in [3.63, 3.8) is 0 Å². The van der Waals surface area contributed by atoms with Gasteiger partial charge in [-0.15, -0.1) is 0 Å². The summed E-state index contributed by atoms with van der Waals surface area (Å²) in [5.74, 6) is -2.74. The SMILES string of the molecule is Nc1cc(S(=O)(=O)[O-])cc2c1C(=O)/C(=N/Nc1ccc(/C=C/c3ccc(N/N=C4/C(=O)c5c(N)cc(S(=O)(=O)[O-])cc5C=C4S(=O)(=O)[O-])cc3S(=O)(=O)[O-])c(S(=O)(=O)[O-])c1)C(S(=O)(=O)[O-])=C2.[Li+].[Li+].[Li+].[Li+].[Li+].[Li+]. The average Bonchev–Trinajstić information content (AvgIpc) is 3.16. The summed E-state index contributed by atoms with van der Waals surface area (Å²) in [6, 6.07) is 7.35. The summed E-state index contributed by atoms with van der Waals surface area (Å²) in [5.41, 5.74) is 8.02. The van der Waals surface area contributed by atoms with Crippen LogP contribution in [0, 0.1) is 0 Å². The van der Waals surface area contributed by atoms with Crippen molar-refractivity contribution in [2.45, 2.75) is 19.6 Å². The molecule has 0 fully saturated rings. The van der Waals surface area contributed by atoms with Crippen LogP contribution in [0.15, 0.2) is 100 Å². The fourth-order valence-corrected chi connectivity index (χ4v) is 9.94. The fraction of sp³-hybridized carbons (Fsp3) is 0. The topological polar surface area (TPSA) is 478 Å². The van der Waals surface area contributed by atoms with Gasteiger partial charge in [0.05, 0.1) is 51.9 Å². The molecule has 38 heteroatoms. The van der Waals surface area contributed by atoms with Crippen molar-refractivity contribution in [3.05, 3.63) is 104 Å². The number of nitrogens with two attached hydrogens (primary N) is 2. The van der Waals surface area contributed by atoms with Crippen LogP contribution < -0.4 is 135 Å². The van der Waals surface area contributed by atoms with Crippen molar-refractivity contribution in [1.29, 1.82) is 0 Å². The van der Waals surface area contributed by atoms with Crippen molar-refractivity contribution < 1.29 is 201 Å². The maximum Gasteiger partial charge on any atom is 1.00 e. The molecule has 6 rings (SSSR count). The molecular weight excluding hydrogens is 1050 g/mol. The van der Waals surface area contributed by atoms with Gasteiger partial charge in [-0.1, -0.05) is 24.3 Å². The summed E-state index contributed by atoms with van der Waals surface area (Å²) < 4.78 is 216. The molecule has 0 bridgehead atoms. The van der Waals surface area contributed by atoms with Gasteiger partial charge in [0, 0.05) is 11.4 Å². The minimum atomic E-state index is -5.60. The van der Waals surface area contributed by atoms with E-state index in [0.717, 1.165) is 36.4 Å². The second kappa shape index (κ2) is 24.8. The van der Waals surface area contributed by atoms with Gasteiger partial charge in [0.2, 0.25) is 11.6 Å². The van der Waals surface area contributed by atoms with Crippen molar-refractivity contribution in [1.82, 2.24) is 0 Å². The number of hydrogen-bond acceptors (Lipinski definition) is 26. The Morgan fingerprint density at radius 1 is 0.431 bits per heavy atom. The largest absolute Gasteiger partial charge is 1.00 e. The molecule has 348 valence electrons. The Hall–Kier alpha value is -2.98. The number of carbonyl (C=O) groups excluding carboxylic acids is 2. The zero-order chi connectivity index (χ0) is 49.3. The standard InChI is InChI=1S/C34H26N6O20S6.6Li/c35-23-13-21(61(43,44)45)7-17-9-27(65(55,56)57)31(33(41)29(17)23)39-37-19-5-3-15(25(11-19)63(49,50)51)1-2-16-4-6-20(12-26(16)64(52,53)54)38-40-32-28(66(58,59)60)10-18-8-22(62(46,47)48)14-24(36)30(18)34(32)42;;;;;;/h1-14,37-38H,35-36H2,(H,43,44,45)(H,46,47,48)(H,49,50,51)(H,52,53,54)(H,55,56,57)(H,58,59,60);;;;;;/q;6*+1/p-6/b2-1+,39-31+,40-32+;;;;;;. The number of ketones is 2. The molecule has 0 unspecified atom stereocenters. The van der Waals surface area contributed by atoms with E-state index in [0.29, 0.717) is 48.6 Å². The van der Waals surface area contributed by atoms with Crippen LogP contribution in [0.2, 0.25) is 0 Å². The van der Waals surface area contributed by atoms with Crippen LogP contribution in [0.4, 0.5) is 22.7 Å². The second-order valence-electron chi connectivity index (χ2n) is 13.3. The second-order valence-corrected chi connectivity index (χ2v) is 21.5. The molecule has 6 N–H and O–H groups in total. The molecule has 0 spiro atoms. The number of Topliss-reactive ketones (excluding diaryl/α,β-unsaturated/α-hetero) is 2. The summed E-state index contributed by atoms with van der Waals surface area (Å²) in [6.45, 7) is 0. The molecule has 0 radical (unpaired) electrons. The molecule has 0 saturated heterocycles. The van der Waals surface area contributed by atoms with E-state index in [9.17, 15) is 87.4 Å². The van der Waals surface area contributed by atoms with Crippen LogP contribution in [0.5, 0.6) is 0 Å². The van der Waals surface area contributed by atoms with Crippen molar-refractivity contribution >= 4 is 131 Å². The van der Waals surface area contributed by atoms with E-state index in [2.05, 4.69) is 21.1 Å². The van der Waals surface area contributed by atoms with E-state index in [1.54, 1.807) is 0 Å². The molecule has 26 nitrogen and oxygen atoms in total. The predicted molar refractivity (Wildman–Crippen MR) is 221 cm³/mol. The van der Waals surface area contributed by atoms with E-state index in [1.165, 1.54) is 0 Å². The first-order chi connectivity index (χ1) is 30.2. The van der Waals surface area contributed by atoms with Crippen molar-refractivity contribution in [2.24, 2.45) is 10.2 Å². The van der Waals surface area contributed by atoms with E-state index in [1.807, 2.05) is 0 Å². The van der Waals surface area contributed by atoms with Crippen LogP contribution in [0.1, 0.15) is 43.0 Å². The van der Waals surface area contributed by atoms with Gasteiger partial charge < -0.3 is 38.8 Å². The molecular formula is C34H20Li6N6O20S6. The molecule has 0 heterocycles. The first-order valence-corrected chi connectivity index (χ1v) is 25.4. The molecule has 0 aromatic heterocycles. The third kappa shape index (κ3) is 15.3. The number of anilines is 4. The van der Waals surface area contributed by atoms with Gasteiger partial charge in [-0.25, -0.2) is 50.5 Å². The summed E-state index contributed by atoms with van der Waals surface area (Å²) in [7, 11) is -32.5. The summed E-state index contributed by atoms with van der Waals surface area (Å²) in [5, 5.41) is 7.15. The van der Waals surface area contributed by atoms with E-state index in [4.69, 9.17) is 11.5 Å². The maximum atomic E-state index is 13.3. The smallest absolute Gasteiger partial charge is 0.744 e. The minimum absolute atomic E-state index is 0. The average molecular weight is 1070 g/mol. The molecule has 2 aliphatic carbocycles. The van der Waals surface area contributed by atoms with Gasteiger partial charge in [-0.3, -0.25) is 20.4 Å². The van der Waals surface area contributed by atoms with Gasteiger partial charge in [-0.2, -0.15) is 10.2 Å². The zero-order valence-electron chi connectivity index (χ0n) is 37.7. The van der Waals surface area contributed by atoms with E-state index >= 15 is 0 Å². The number of nitrogen functional groups attached to an aromatic ring is 2. The number of nitrogens with zero attached hydrogens (tertiary/aromatic N) is 2. The Morgan fingerprint density at radius 2 is 0.736 bits per heavy atom. The molecule has 4 aromatic rings. The van der Waals surface area contributed by atoms with Gasteiger partial charge in [0.25, 0.3) is 0 Å². The van der Waals surface area contributed by atoms with Crippen LogP contribution in [-0.2, 0) is 60.7 Å². The molecule has 0 saturated carbocycles. The fourth-order valence-electron chi connectivity index (χ4n) is 6.17. The number of fused-ring (bicyclic) bond motifs is 2. The van der Waals surface area contributed by atoms with Crippen molar-refractivity contribution in [3.8, 4) is 0 Å². The molecule has 72 heavy (non-hydrogen) atoms. The zero-order valence-corrected chi connectivity index (χ0v) is 42.6. The molecule has 4 aromatic carbocycles. The quantitative estimate of drug-likeness (QED) is 0.0336. The van der Waals surface area contributed by atoms with Crippen LogP contribution in [0.25, 0.3) is 24.3 Å². The number of benzene rings is 4. The maximum absolute atomic E-state index is 13.3. The summed E-state index contributed by atoms with van der Waals surface area (Å²) in [4.78, 5) is 19.9. The Labute approximate surface area is 482 Å².